The summed E-state index contributed by atoms with van der Waals surface area (Å²) in [6.45, 7) is 11.1. The average molecular weight is 244 g/mol. The molecule has 0 aromatic heterocycles. The monoisotopic (exact) mass is 244 g/mol. The normalized spacial score (nSPS) is 13.8. The lowest BCUT2D eigenvalue weighted by Gasteiger charge is -2.27. The van der Waals surface area contributed by atoms with Gasteiger partial charge >= 0.3 is 5.97 Å². The molecule has 0 amide bonds. The summed E-state index contributed by atoms with van der Waals surface area (Å²) < 4.78 is 5.26. The Morgan fingerprint density at radius 3 is 2.24 bits per heavy atom. The van der Waals surface area contributed by atoms with E-state index in [0.717, 1.165) is 12.8 Å². The Morgan fingerprint density at radius 2 is 1.82 bits per heavy atom. The standard InChI is InChI=1S/C14H28O3/c1-11(2)12(10-14(3,4)5)13(16)17-9-7-6-8-15/h11-12,15H,6-10H2,1-5H3. The van der Waals surface area contributed by atoms with E-state index in [2.05, 4.69) is 34.6 Å². The van der Waals surface area contributed by atoms with Crippen LogP contribution in [-0.4, -0.2) is 24.3 Å². The third-order valence-electron chi connectivity index (χ3n) is 2.74. The third-order valence-corrected chi connectivity index (χ3v) is 2.74. The summed E-state index contributed by atoms with van der Waals surface area (Å²) in [5, 5.41) is 8.64. The van der Waals surface area contributed by atoms with Gasteiger partial charge in [-0.2, -0.15) is 0 Å². The maximum Gasteiger partial charge on any atom is 0.309 e. The van der Waals surface area contributed by atoms with E-state index in [-0.39, 0.29) is 23.9 Å². The van der Waals surface area contributed by atoms with Crippen LogP contribution in [0.2, 0.25) is 0 Å². The smallest absolute Gasteiger partial charge is 0.309 e. The van der Waals surface area contributed by atoms with Gasteiger partial charge in [-0.1, -0.05) is 34.6 Å². The van der Waals surface area contributed by atoms with E-state index in [0.29, 0.717) is 18.9 Å². The lowest BCUT2D eigenvalue weighted by atomic mass is 9.80. The zero-order chi connectivity index (χ0) is 13.5. The molecule has 0 aromatic rings. The number of unbranched alkanes of at least 4 members (excludes halogenated alkanes) is 1. The fraction of sp³-hybridized carbons (Fsp3) is 0.929. The number of rotatable bonds is 7. The first-order chi connectivity index (χ1) is 7.78. The minimum atomic E-state index is -0.0899. The zero-order valence-corrected chi connectivity index (χ0v) is 12.0. The molecule has 0 aromatic carbocycles. The highest BCUT2D eigenvalue weighted by Crippen LogP contribution is 2.29. The fourth-order valence-corrected chi connectivity index (χ4v) is 1.74. The molecule has 1 atom stereocenters. The summed E-state index contributed by atoms with van der Waals surface area (Å²) in [5.41, 5.74) is 0.138. The topological polar surface area (TPSA) is 46.5 Å². The van der Waals surface area contributed by atoms with Crippen LogP contribution in [0.5, 0.6) is 0 Å². The highest BCUT2D eigenvalue weighted by molar-refractivity contribution is 5.72. The summed E-state index contributed by atoms with van der Waals surface area (Å²) >= 11 is 0. The molecule has 0 saturated carbocycles. The first-order valence-corrected chi connectivity index (χ1v) is 6.55. The van der Waals surface area contributed by atoms with Gasteiger partial charge in [0.05, 0.1) is 12.5 Å². The van der Waals surface area contributed by atoms with Crippen LogP contribution in [0.15, 0.2) is 0 Å². The predicted octanol–water partition coefficient (Wildman–Crippen LogP) is 3.01. The van der Waals surface area contributed by atoms with Crippen molar-refractivity contribution >= 4 is 5.97 Å². The second kappa shape index (κ2) is 7.70. The van der Waals surface area contributed by atoms with E-state index in [9.17, 15) is 4.79 Å². The number of hydrogen-bond donors (Lipinski definition) is 1. The molecule has 0 aliphatic carbocycles. The minimum absolute atomic E-state index is 0.0240. The molecule has 0 spiro atoms. The quantitative estimate of drug-likeness (QED) is 0.553. The number of carbonyl (C=O) groups excluding carboxylic acids is 1. The molecule has 0 aliphatic heterocycles. The maximum atomic E-state index is 11.9. The van der Waals surface area contributed by atoms with Gasteiger partial charge in [0.15, 0.2) is 0 Å². The van der Waals surface area contributed by atoms with Gasteiger partial charge in [-0.05, 0) is 30.6 Å². The Morgan fingerprint density at radius 1 is 1.24 bits per heavy atom. The Kier molecular flexibility index (Phi) is 7.44. The summed E-state index contributed by atoms with van der Waals surface area (Å²) in [6.07, 6.45) is 2.28. The summed E-state index contributed by atoms with van der Waals surface area (Å²) in [7, 11) is 0. The van der Waals surface area contributed by atoms with Crippen molar-refractivity contribution in [2.75, 3.05) is 13.2 Å². The lowest BCUT2D eigenvalue weighted by Crippen LogP contribution is -2.27. The van der Waals surface area contributed by atoms with Crippen LogP contribution in [0.1, 0.15) is 53.9 Å². The number of ether oxygens (including phenoxy) is 1. The number of hydrogen-bond acceptors (Lipinski definition) is 3. The van der Waals surface area contributed by atoms with E-state index in [1.54, 1.807) is 0 Å². The van der Waals surface area contributed by atoms with Crippen molar-refractivity contribution < 1.29 is 14.6 Å². The highest BCUT2D eigenvalue weighted by Gasteiger charge is 2.28. The van der Waals surface area contributed by atoms with Gasteiger partial charge in [0, 0.05) is 6.61 Å². The molecule has 3 nitrogen and oxygen atoms in total. The van der Waals surface area contributed by atoms with Gasteiger partial charge in [-0.15, -0.1) is 0 Å². The molecule has 0 bridgehead atoms. The van der Waals surface area contributed by atoms with Gasteiger partial charge < -0.3 is 9.84 Å². The molecule has 0 radical (unpaired) electrons. The molecule has 0 fully saturated rings. The van der Waals surface area contributed by atoms with Crippen LogP contribution in [0, 0.1) is 17.3 Å². The molecular weight excluding hydrogens is 216 g/mol. The Labute approximate surface area is 106 Å². The van der Waals surface area contributed by atoms with Crippen LogP contribution < -0.4 is 0 Å². The first-order valence-electron chi connectivity index (χ1n) is 6.55. The lowest BCUT2D eigenvalue weighted by molar-refractivity contribution is -0.151. The second-order valence-electron chi connectivity index (χ2n) is 6.21. The van der Waals surface area contributed by atoms with Crippen LogP contribution in [0.25, 0.3) is 0 Å². The van der Waals surface area contributed by atoms with E-state index < -0.39 is 0 Å². The van der Waals surface area contributed by atoms with Crippen molar-refractivity contribution in [2.45, 2.75) is 53.9 Å². The van der Waals surface area contributed by atoms with Crippen molar-refractivity contribution in [3.8, 4) is 0 Å². The van der Waals surface area contributed by atoms with Crippen molar-refractivity contribution in [1.29, 1.82) is 0 Å². The third kappa shape index (κ3) is 8.19. The largest absolute Gasteiger partial charge is 0.465 e. The first kappa shape index (κ1) is 16.4. The minimum Gasteiger partial charge on any atom is -0.465 e. The number of esters is 1. The fourth-order valence-electron chi connectivity index (χ4n) is 1.74. The van der Waals surface area contributed by atoms with Gasteiger partial charge in [-0.3, -0.25) is 4.79 Å². The predicted molar refractivity (Wildman–Crippen MR) is 69.7 cm³/mol. The molecule has 1 N–H and O–H groups in total. The molecule has 1 unspecified atom stereocenters. The van der Waals surface area contributed by atoms with Crippen LogP contribution >= 0.6 is 0 Å². The van der Waals surface area contributed by atoms with E-state index >= 15 is 0 Å². The van der Waals surface area contributed by atoms with Crippen molar-refractivity contribution in [1.82, 2.24) is 0 Å². The van der Waals surface area contributed by atoms with Gasteiger partial charge in [0.2, 0.25) is 0 Å². The molecule has 17 heavy (non-hydrogen) atoms. The van der Waals surface area contributed by atoms with E-state index in [1.807, 2.05) is 0 Å². The summed E-state index contributed by atoms with van der Waals surface area (Å²) in [5.74, 6) is 0.191. The average Bonchev–Trinajstić information content (AvgIpc) is 2.19. The Bertz CT molecular complexity index is 216. The Hall–Kier alpha value is -0.570. The molecular formula is C14H28O3. The van der Waals surface area contributed by atoms with Gasteiger partial charge in [-0.25, -0.2) is 0 Å². The van der Waals surface area contributed by atoms with Crippen molar-refractivity contribution in [2.24, 2.45) is 17.3 Å². The molecule has 0 aliphatic rings. The number of aliphatic hydroxyl groups excluding tert-OH is 1. The number of carbonyl (C=O) groups is 1. The van der Waals surface area contributed by atoms with E-state index in [4.69, 9.17) is 9.84 Å². The van der Waals surface area contributed by atoms with Crippen molar-refractivity contribution in [3.05, 3.63) is 0 Å². The molecule has 0 saturated heterocycles. The van der Waals surface area contributed by atoms with Gasteiger partial charge in [0.1, 0.15) is 0 Å². The van der Waals surface area contributed by atoms with Gasteiger partial charge in [0.25, 0.3) is 0 Å². The van der Waals surface area contributed by atoms with Crippen LogP contribution in [-0.2, 0) is 9.53 Å². The molecule has 0 heterocycles. The molecule has 3 heteroatoms. The Balaban J connectivity index is 4.17. The zero-order valence-electron chi connectivity index (χ0n) is 12.0. The van der Waals surface area contributed by atoms with Crippen LogP contribution in [0.4, 0.5) is 0 Å². The maximum absolute atomic E-state index is 11.9. The highest BCUT2D eigenvalue weighted by atomic mass is 16.5. The number of aliphatic hydroxyl groups is 1. The van der Waals surface area contributed by atoms with Crippen molar-refractivity contribution in [3.63, 3.8) is 0 Å². The summed E-state index contributed by atoms with van der Waals surface area (Å²) in [6, 6.07) is 0. The summed E-state index contributed by atoms with van der Waals surface area (Å²) in [4.78, 5) is 11.9. The molecule has 102 valence electrons. The van der Waals surface area contributed by atoms with Crippen LogP contribution in [0.3, 0.4) is 0 Å². The second-order valence-corrected chi connectivity index (χ2v) is 6.21. The van der Waals surface area contributed by atoms with E-state index in [1.165, 1.54) is 0 Å². The molecule has 0 rings (SSSR count). The SMILES string of the molecule is CC(C)C(CC(C)(C)C)C(=O)OCCCCO.